The monoisotopic (exact) mass is 650 g/mol. The van der Waals surface area contributed by atoms with Crippen molar-refractivity contribution in [2.45, 2.75) is 60.3 Å². The van der Waals surface area contributed by atoms with E-state index in [2.05, 4.69) is 40.7 Å². The van der Waals surface area contributed by atoms with E-state index in [9.17, 15) is 9.90 Å². The van der Waals surface area contributed by atoms with E-state index in [1.165, 1.54) is 22.4 Å². The molecule has 0 atom stereocenters. The molecule has 0 amide bonds. The van der Waals surface area contributed by atoms with Crippen LogP contribution >= 0.6 is 0 Å². The van der Waals surface area contributed by atoms with E-state index in [0.29, 0.717) is 0 Å². The number of aryl methyl sites for hydroxylation is 1. The molecule has 0 spiro atoms. The van der Waals surface area contributed by atoms with Gasteiger partial charge in [-0.1, -0.05) is 58.5 Å². The molecule has 1 N–H and O–H groups in total. The van der Waals surface area contributed by atoms with E-state index in [4.69, 9.17) is 4.42 Å². The minimum absolute atomic E-state index is 0. The van der Waals surface area contributed by atoms with Crippen molar-refractivity contribution in [3.63, 3.8) is 0 Å². The number of carbonyl (C=O) groups is 1. The Kier molecular flexibility index (Phi) is 8.74. The zero-order valence-electron chi connectivity index (χ0n) is 21.0. The Balaban J connectivity index is 0.000000198. The summed E-state index contributed by atoms with van der Waals surface area (Å²) in [6.45, 7) is 10.2. The summed E-state index contributed by atoms with van der Waals surface area (Å²) in [4.78, 5) is 16.2. The fourth-order valence-corrected chi connectivity index (χ4v) is 4.86. The van der Waals surface area contributed by atoms with Crippen LogP contribution in [0.2, 0.25) is 0 Å². The first-order valence-corrected chi connectivity index (χ1v) is 12.3. The Hall–Kier alpha value is -2.69. The van der Waals surface area contributed by atoms with Crippen LogP contribution in [0.5, 0.6) is 0 Å². The van der Waals surface area contributed by atoms with Gasteiger partial charge in [0.1, 0.15) is 5.58 Å². The van der Waals surface area contributed by atoms with Crippen LogP contribution in [-0.2, 0) is 24.9 Å². The van der Waals surface area contributed by atoms with Gasteiger partial charge in [0.15, 0.2) is 5.78 Å². The van der Waals surface area contributed by atoms with Gasteiger partial charge in [0.05, 0.1) is 17.7 Å². The molecule has 4 heterocycles. The number of nitrogens with zero attached hydrogens (tertiary/aromatic N) is 2. The van der Waals surface area contributed by atoms with E-state index in [-0.39, 0.29) is 43.5 Å². The van der Waals surface area contributed by atoms with E-state index < -0.39 is 0 Å². The van der Waals surface area contributed by atoms with Gasteiger partial charge in [0.2, 0.25) is 0 Å². The number of carbonyl (C=O) groups excluding carboxylic acids is 1. The molecule has 0 aliphatic rings. The van der Waals surface area contributed by atoms with Crippen molar-refractivity contribution in [2.75, 3.05) is 0 Å². The number of aliphatic hydroxyl groups is 1. The third-order valence-corrected chi connectivity index (χ3v) is 6.99. The number of aromatic nitrogens is 2. The maximum absolute atomic E-state index is 11.7. The quantitative estimate of drug-likeness (QED) is 0.0846. The molecular weight excluding hydrogens is 617 g/mol. The molecule has 4 aromatic heterocycles. The van der Waals surface area contributed by atoms with E-state index in [0.717, 1.165) is 53.2 Å². The van der Waals surface area contributed by atoms with Crippen molar-refractivity contribution < 1.29 is 34.4 Å². The Bertz CT molecular complexity index is 1450. The number of pyridine rings is 2. The minimum Gasteiger partial charge on any atom is -0.512 e. The van der Waals surface area contributed by atoms with E-state index in [1.54, 1.807) is 6.20 Å². The topological polar surface area (TPSA) is 67.7 Å². The van der Waals surface area contributed by atoms with Crippen molar-refractivity contribution in [1.29, 1.82) is 0 Å². The predicted molar refractivity (Wildman–Crippen MR) is 139 cm³/mol. The van der Waals surface area contributed by atoms with Gasteiger partial charge in [-0.25, -0.2) is 0 Å². The molecule has 5 aromatic rings. The summed E-state index contributed by atoms with van der Waals surface area (Å²) in [5.41, 5.74) is 4.12. The number of furan rings is 1. The Morgan fingerprint density at radius 2 is 1.71 bits per heavy atom. The normalized spacial score (nSPS) is 12.1. The van der Waals surface area contributed by atoms with Gasteiger partial charge in [-0.05, 0) is 37.1 Å². The first kappa shape index (κ1) is 26.9. The standard InChI is InChI=1S/C16H9N2O.C13H24O2.Ir/c1-9-7-18-15-10(9)3-2-4-11(15)12-8-19-13-5-6-17-16(18)14(12)13;1-5-10(6-2)12(14)9-13(15)11(7-3)8-4;/h2-6,8H,1H3;9-11,14H,5-8H2,1-4H3;/q-1;;/b;12-9-;. The Morgan fingerprint density at radius 1 is 1.06 bits per heavy atom. The minimum atomic E-state index is 0. The number of aliphatic hydroxyl groups excluding tert-OH is 1. The molecule has 0 aliphatic heterocycles. The molecule has 35 heavy (non-hydrogen) atoms. The SMILES string of the molecule is CCC(CC)C(=O)/C=C(\O)C(CC)CC.Cc1[c-]n2c3nccc4occ(c5cccc1c52)c43.[Ir]. The number of hydrogen-bond donors (Lipinski definition) is 1. The van der Waals surface area contributed by atoms with Gasteiger partial charge in [-0.15, -0.1) is 17.0 Å². The van der Waals surface area contributed by atoms with Gasteiger partial charge in [0.25, 0.3) is 0 Å². The molecule has 1 aromatic carbocycles. The molecule has 0 saturated heterocycles. The summed E-state index contributed by atoms with van der Waals surface area (Å²) in [6.07, 6.45) is 11.9. The van der Waals surface area contributed by atoms with Crippen LogP contribution in [0.1, 0.15) is 58.9 Å². The summed E-state index contributed by atoms with van der Waals surface area (Å²) in [7, 11) is 0. The number of fused-ring (bicyclic) bond motifs is 2. The van der Waals surface area contributed by atoms with Crippen molar-refractivity contribution in [1.82, 2.24) is 9.38 Å². The summed E-state index contributed by atoms with van der Waals surface area (Å²) >= 11 is 0. The summed E-state index contributed by atoms with van der Waals surface area (Å²) in [6, 6.07) is 8.26. The molecule has 0 bridgehead atoms. The maximum Gasteiger partial charge on any atom is 0.162 e. The molecule has 0 fully saturated rings. The van der Waals surface area contributed by atoms with Gasteiger partial charge in [0, 0.05) is 55.0 Å². The summed E-state index contributed by atoms with van der Waals surface area (Å²) in [5.74, 6) is 0.547. The maximum atomic E-state index is 11.7. The third-order valence-electron chi connectivity index (χ3n) is 6.99. The van der Waals surface area contributed by atoms with Crippen LogP contribution in [0.3, 0.4) is 0 Å². The van der Waals surface area contributed by atoms with Crippen molar-refractivity contribution >= 4 is 44.1 Å². The van der Waals surface area contributed by atoms with Gasteiger partial charge in [-0.3, -0.25) is 9.78 Å². The molecule has 187 valence electrons. The second kappa shape index (κ2) is 11.4. The number of ketones is 1. The molecular formula is C29H33IrN2O3-. The van der Waals surface area contributed by atoms with Gasteiger partial charge >= 0.3 is 0 Å². The van der Waals surface area contributed by atoms with Crippen LogP contribution < -0.4 is 0 Å². The van der Waals surface area contributed by atoms with Crippen LogP contribution in [0, 0.1) is 25.0 Å². The molecule has 5 nitrogen and oxygen atoms in total. The largest absolute Gasteiger partial charge is 0.512 e. The second-order valence-electron chi connectivity index (χ2n) is 8.93. The number of allylic oxidation sites excluding steroid dienone is 2. The number of hydrogen-bond acceptors (Lipinski definition) is 4. The van der Waals surface area contributed by atoms with Crippen molar-refractivity contribution in [2.24, 2.45) is 11.8 Å². The number of para-hydroxylation sites is 1. The Morgan fingerprint density at radius 3 is 2.37 bits per heavy atom. The molecule has 6 heteroatoms. The average molecular weight is 650 g/mol. The predicted octanol–water partition coefficient (Wildman–Crippen LogP) is 7.80. The molecule has 5 rings (SSSR count). The van der Waals surface area contributed by atoms with Crippen LogP contribution in [0.4, 0.5) is 0 Å². The fourth-order valence-electron chi connectivity index (χ4n) is 4.86. The van der Waals surface area contributed by atoms with Gasteiger partial charge < -0.3 is 13.9 Å². The molecule has 0 unspecified atom stereocenters. The van der Waals surface area contributed by atoms with Crippen LogP contribution in [-0.4, -0.2) is 20.3 Å². The Labute approximate surface area is 219 Å². The second-order valence-corrected chi connectivity index (χ2v) is 8.93. The molecule has 1 radical (unpaired) electrons. The molecule has 0 aliphatic carbocycles. The zero-order valence-corrected chi connectivity index (χ0v) is 23.4. The summed E-state index contributed by atoms with van der Waals surface area (Å²) in [5, 5.41) is 14.4. The van der Waals surface area contributed by atoms with Crippen molar-refractivity contribution in [3.05, 3.63) is 60.3 Å². The first-order chi connectivity index (χ1) is 16.4. The zero-order chi connectivity index (χ0) is 24.4. The fraction of sp³-hybridized carbons (Fsp3) is 0.379. The number of benzene rings is 1. The summed E-state index contributed by atoms with van der Waals surface area (Å²) < 4.78 is 7.72. The average Bonchev–Trinajstić information content (AvgIpc) is 3.42. The van der Waals surface area contributed by atoms with E-state index in [1.807, 2.05) is 40.0 Å². The van der Waals surface area contributed by atoms with Crippen LogP contribution in [0.15, 0.2) is 53.0 Å². The third kappa shape index (κ3) is 4.87. The van der Waals surface area contributed by atoms with Crippen LogP contribution in [0.25, 0.3) is 38.3 Å². The smallest absolute Gasteiger partial charge is 0.162 e. The first-order valence-electron chi connectivity index (χ1n) is 12.3. The van der Waals surface area contributed by atoms with E-state index >= 15 is 0 Å². The van der Waals surface area contributed by atoms with Crippen molar-refractivity contribution in [3.8, 4) is 0 Å². The number of rotatable bonds is 7. The molecule has 0 saturated carbocycles. The van der Waals surface area contributed by atoms with Gasteiger partial charge in [-0.2, -0.15) is 0 Å².